The molecule has 0 aliphatic heterocycles. The third-order valence-corrected chi connectivity index (χ3v) is 3.47. The fourth-order valence-electron chi connectivity index (χ4n) is 2.25. The number of benzene rings is 2. The van der Waals surface area contributed by atoms with Gasteiger partial charge in [-0.15, -0.1) is 0 Å². The number of hydrogen-bond acceptors (Lipinski definition) is 3. The van der Waals surface area contributed by atoms with Gasteiger partial charge in [0.15, 0.2) is 6.61 Å². The monoisotopic (exact) mass is 298 g/mol. The Balaban J connectivity index is 1.75. The Morgan fingerprint density at radius 3 is 2.36 bits per heavy atom. The van der Waals surface area contributed by atoms with Crippen molar-refractivity contribution in [1.29, 1.82) is 0 Å². The lowest BCUT2D eigenvalue weighted by molar-refractivity contribution is -0.123. The molecule has 0 aliphatic carbocycles. The highest BCUT2D eigenvalue weighted by Crippen LogP contribution is 2.21. The molecule has 0 aromatic heterocycles. The molecule has 0 spiro atoms. The number of amides is 1. The number of carbonyl (C=O) groups excluding carboxylic acids is 1. The first-order valence-electron chi connectivity index (χ1n) is 7.36. The van der Waals surface area contributed by atoms with Crippen molar-refractivity contribution in [3.05, 3.63) is 59.2 Å². The molecule has 0 atom stereocenters. The van der Waals surface area contributed by atoms with E-state index in [1.165, 1.54) is 0 Å². The Morgan fingerprint density at radius 1 is 1.09 bits per heavy atom. The number of aryl methyl sites for hydroxylation is 2. The predicted octanol–water partition coefficient (Wildman–Crippen LogP) is 2.62. The van der Waals surface area contributed by atoms with E-state index >= 15 is 0 Å². The summed E-state index contributed by atoms with van der Waals surface area (Å²) in [5.74, 6) is 0.675. The highest BCUT2D eigenvalue weighted by molar-refractivity contribution is 5.77. The van der Waals surface area contributed by atoms with Gasteiger partial charge in [0.2, 0.25) is 0 Å². The van der Waals surface area contributed by atoms with Crippen molar-refractivity contribution in [1.82, 2.24) is 5.32 Å². The molecule has 2 aromatic carbocycles. The van der Waals surface area contributed by atoms with Gasteiger partial charge in [0, 0.05) is 12.2 Å². The number of hydrogen-bond donors (Lipinski definition) is 2. The average Bonchev–Trinajstić information content (AvgIpc) is 2.49. The summed E-state index contributed by atoms with van der Waals surface area (Å²) < 4.78 is 5.62. The molecule has 0 aliphatic rings. The quantitative estimate of drug-likeness (QED) is 0.806. The van der Waals surface area contributed by atoms with Gasteiger partial charge in [-0.1, -0.05) is 30.3 Å². The Kier molecular flexibility index (Phi) is 5.42. The molecule has 0 radical (unpaired) electrons. The van der Waals surface area contributed by atoms with Crippen molar-refractivity contribution in [2.24, 2.45) is 0 Å². The van der Waals surface area contributed by atoms with E-state index in [4.69, 9.17) is 10.5 Å². The van der Waals surface area contributed by atoms with Crippen molar-refractivity contribution in [2.45, 2.75) is 20.3 Å². The second kappa shape index (κ2) is 7.50. The molecule has 2 aromatic rings. The zero-order valence-electron chi connectivity index (χ0n) is 13.1. The topological polar surface area (TPSA) is 64.3 Å². The first-order chi connectivity index (χ1) is 10.6. The van der Waals surface area contributed by atoms with E-state index in [1.54, 1.807) is 0 Å². The number of nitrogens with two attached hydrogens (primary N) is 1. The van der Waals surface area contributed by atoms with Crippen LogP contribution in [0.25, 0.3) is 0 Å². The van der Waals surface area contributed by atoms with E-state index in [-0.39, 0.29) is 12.5 Å². The highest BCUT2D eigenvalue weighted by atomic mass is 16.5. The minimum absolute atomic E-state index is 0.0351. The Labute approximate surface area is 131 Å². The van der Waals surface area contributed by atoms with Crippen LogP contribution in [0.2, 0.25) is 0 Å². The fraction of sp³-hybridized carbons (Fsp3) is 0.278. The van der Waals surface area contributed by atoms with E-state index in [1.807, 2.05) is 56.3 Å². The van der Waals surface area contributed by atoms with Gasteiger partial charge in [-0.05, 0) is 49.1 Å². The number of carbonyl (C=O) groups is 1. The molecule has 0 unspecified atom stereocenters. The molecular weight excluding hydrogens is 276 g/mol. The fourth-order valence-corrected chi connectivity index (χ4v) is 2.25. The zero-order valence-corrected chi connectivity index (χ0v) is 13.1. The first-order valence-corrected chi connectivity index (χ1v) is 7.36. The minimum Gasteiger partial charge on any atom is -0.483 e. The van der Waals surface area contributed by atoms with Gasteiger partial charge in [-0.3, -0.25) is 4.79 Å². The summed E-state index contributed by atoms with van der Waals surface area (Å²) in [5, 5.41) is 2.86. The highest BCUT2D eigenvalue weighted by Gasteiger charge is 2.06. The van der Waals surface area contributed by atoms with E-state index in [2.05, 4.69) is 5.32 Å². The molecule has 0 bridgehead atoms. The summed E-state index contributed by atoms with van der Waals surface area (Å²) in [6.07, 6.45) is 0.773. The first kappa shape index (κ1) is 15.9. The second-order valence-corrected chi connectivity index (χ2v) is 5.35. The van der Waals surface area contributed by atoms with Crippen LogP contribution in [-0.2, 0) is 11.2 Å². The van der Waals surface area contributed by atoms with Crippen molar-refractivity contribution < 1.29 is 9.53 Å². The number of rotatable bonds is 6. The van der Waals surface area contributed by atoms with Crippen LogP contribution in [-0.4, -0.2) is 19.1 Å². The Morgan fingerprint density at radius 2 is 1.73 bits per heavy atom. The maximum Gasteiger partial charge on any atom is 0.257 e. The van der Waals surface area contributed by atoms with E-state index in [0.29, 0.717) is 6.54 Å². The molecule has 0 heterocycles. The molecule has 0 fully saturated rings. The molecule has 0 saturated heterocycles. The van der Waals surface area contributed by atoms with Crippen LogP contribution in [0.1, 0.15) is 16.7 Å². The summed E-state index contributed by atoms with van der Waals surface area (Å²) in [4.78, 5) is 11.8. The molecule has 1 amide bonds. The second-order valence-electron chi connectivity index (χ2n) is 5.35. The number of anilines is 1. The van der Waals surface area contributed by atoms with Gasteiger partial charge in [-0.25, -0.2) is 0 Å². The van der Waals surface area contributed by atoms with Crippen LogP contribution in [0.3, 0.4) is 0 Å². The summed E-state index contributed by atoms with van der Waals surface area (Å²) >= 11 is 0. The van der Waals surface area contributed by atoms with Gasteiger partial charge in [0.05, 0.1) is 0 Å². The van der Waals surface area contributed by atoms with Crippen LogP contribution < -0.4 is 15.8 Å². The smallest absolute Gasteiger partial charge is 0.257 e. The van der Waals surface area contributed by atoms with E-state index in [9.17, 15) is 4.79 Å². The van der Waals surface area contributed by atoms with Crippen molar-refractivity contribution >= 4 is 11.6 Å². The Bertz CT molecular complexity index is 616. The summed E-state index contributed by atoms with van der Waals surface area (Å²) in [5.41, 5.74) is 9.60. The third kappa shape index (κ3) is 4.52. The molecule has 4 nitrogen and oxygen atoms in total. The minimum atomic E-state index is -0.113. The van der Waals surface area contributed by atoms with Gasteiger partial charge < -0.3 is 15.8 Å². The van der Waals surface area contributed by atoms with Crippen LogP contribution in [0, 0.1) is 13.8 Å². The van der Waals surface area contributed by atoms with Crippen LogP contribution >= 0.6 is 0 Å². The summed E-state index contributed by atoms with van der Waals surface area (Å²) in [7, 11) is 0. The third-order valence-electron chi connectivity index (χ3n) is 3.47. The lowest BCUT2D eigenvalue weighted by atomic mass is 10.1. The molecule has 2 rings (SSSR count). The number of nitrogen functional groups attached to an aromatic ring is 1. The molecule has 22 heavy (non-hydrogen) atoms. The maximum atomic E-state index is 11.8. The number of nitrogens with one attached hydrogen (secondary N) is 1. The van der Waals surface area contributed by atoms with Gasteiger partial charge in [0.25, 0.3) is 5.91 Å². The van der Waals surface area contributed by atoms with Crippen LogP contribution in [0.5, 0.6) is 5.75 Å². The normalized spacial score (nSPS) is 10.3. The molecule has 116 valence electrons. The van der Waals surface area contributed by atoms with Crippen molar-refractivity contribution in [2.75, 3.05) is 18.9 Å². The number of para-hydroxylation sites is 1. The summed E-state index contributed by atoms with van der Waals surface area (Å²) in [6.45, 7) is 4.56. The molecular formula is C18H22N2O2. The predicted molar refractivity (Wildman–Crippen MR) is 89.0 cm³/mol. The largest absolute Gasteiger partial charge is 0.483 e. The van der Waals surface area contributed by atoms with Crippen molar-refractivity contribution in [3.63, 3.8) is 0 Å². The van der Waals surface area contributed by atoms with Crippen LogP contribution in [0.4, 0.5) is 5.69 Å². The van der Waals surface area contributed by atoms with Gasteiger partial charge >= 0.3 is 0 Å². The zero-order chi connectivity index (χ0) is 15.9. The van der Waals surface area contributed by atoms with E-state index in [0.717, 1.165) is 34.5 Å². The van der Waals surface area contributed by atoms with Crippen molar-refractivity contribution in [3.8, 4) is 5.75 Å². The molecule has 0 saturated carbocycles. The molecule has 4 heteroatoms. The maximum absolute atomic E-state index is 11.8. The van der Waals surface area contributed by atoms with Gasteiger partial charge in [0.1, 0.15) is 5.75 Å². The number of ether oxygens (including phenoxy) is 1. The Hall–Kier alpha value is -2.49. The standard InChI is InChI=1S/C18H22N2O2/c1-13-4-3-5-14(2)18(13)22-12-17(21)20-11-10-15-6-8-16(19)9-7-15/h3-9H,10-12,19H2,1-2H3,(H,20,21). The van der Waals surface area contributed by atoms with Gasteiger partial charge in [-0.2, -0.15) is 0 Å². The SMILES string of the molecule is Cc1cccc(C)c1OCC(=O)NCCc1ccc(N)cc1. The lowest BCUT2D eigenvalue weighted by Crippen LogP contribution is -2.30. The average molecular weight is 298 g/mol. The lowest BCUT2D eigenvalue weighted by Gasteiger charge is -2.12. The molecule has 3 N–H and O–H groups in total. The summed E-state index contributed by atoms with van der Waals surface area (Å²) in [6, 6.07) is 13.6. The van der Waals surface area contributed by atoms with E-state index < -0.39 is 0 Å². The van der Waals surface area contributed by atoms with Crippen LogP contribution in [0.15, 0.2) is 42.5 Å².